The summed E-state index contributed by atoms with van der Waals surface area (Å²) in [6.07, 6.45) is 0. The van der Waals surface area contributed by atoms with Gasteiger partial charge in [-0.15, -0.1) is 0 Å². The summed E-state index contributed by atoms with van der Waals surface area (Å²) in [5.41, 5.74) is 0.605. The molecule has 144 valence electrons. The molecule has 1 aromatic heterocycles. The Morgan fingerprint density at radius 1 is 0.724 bits per heavy atom. The third kappa shape index (κ3) is 3.36. The monoisotopic (exact) mass is 388 g/mol. The van der Waals surface area contributed by atoms with Gasteiger partial charge in [-0.2, -0.15) is 0 Å². The molecule has 3 aromatic carbocycles. The van der Waals surface area contributed by atoms with Gasteiger partial charge in [0.25, 0.3) is 0 Å². The summed E-state index contributed by atoms with van der Waals surface area (Å²) in [6.45, 7) is 2.57. The molecule has 0 radical (unpaired) electrons. The van der Waals surface area contributed by atoms with Crippen LogP contribution >= 0.6 is 0 Å². The van der Waals surface area contributed by atoms with E-state index >= 15 is 0 Å². The van der Waals surface area contributed by atoms with Crippen LogP contribution < -0.4 is 9.47 Å². The quantitative estimate of drug-likeness (QED) is 0.287. The van der Waals surface area contributed by atoms with Gasteiger partial charge in [0.1, 0.15) is 5.75 Å². The summed E-state index contributed by atoms with van der Waals surface area (Å²) in [6, 6.07) is 17.1. The Labute approximate surface area is 165 Å². The average molecular weight is 388 g/mol. The van der Waals surface area contributed by atoms with Crippen molar-refractivity contribution in [3.05, 3.63) is 72.0 Å². The Bertz CT molecular complexity index is 1190. The van der Waals surface area contributed by atoms with Gasteiger partial charge in [-0.05, 0) is 6.07 Å². The zero-order valence-electron chi connectivity index (χ0n) is 15.7. The van der Waals surface area contributed by atoms with Crippen molar-refractivity contribution in [1.29, 1.82) is 0 Å². The van der Waals surface area contributed by atoms with Gasteiger partial charge < -0.3 is 13.9 Å². The summed E-state index contributed by atoms with van der Waals surface area (Å²) in [5.74, 6) is -0.935. The number of hydrogen-bond acceptors (Lipinski definition) is 6. The first-order valence-electron chi connectivity index (χ1n) is 8.90. The highest BCUT2D eigenvalue weighted by Gasteiger charge is 2.24. The van der Waals surface area contributed by atoms with Crippen LogP contribution in [0.5, 0.6) is 11.5 Å². The van der Waals surface area contributed by atoms with E-state index in [1.165, 1.54) is 19.9 Å². The van der Waals surface area contributed by atoms with E-state index in [1.54, 1.807) is 54.6 Å². The van der Waals surface area contributed by atoms with Gasteiger partial charge in [0.2, 0.25) is 5.78 Å². The van der Waals surface area contributed by atoms with Crippen LogP contribution in [0.15, 0.2) is 65.1 Å². The van der Waals surface area contributed by atoms with E-state index in [1.807, 2.05) is 0 Å². The van der Waals surface area contributed by atoms with Crippen LogP contribution in [0.1, 0.15) is 30.0 Å². The number of ketones is 1. The van der Waals surface area contributed by atoms with Crippen molar-refractivity contribution in [3.63, 3.8) is 0 Å². The van der Waals surface area contributed by atoms with E-state index in [0.717, 1.165) is 0 Å². The minimum atomic E-state index is -0.538. The number of carbonyl (C=O) groups is 3. The molecule has 0 saturated heterocycles. The smallest absolute Gasteiger partial charge is 0.308 e. The molecule has 1 heterocycles. The molecular formula is C23H16O6. The number of carbonyl (C=O) groups excluding carboxylic acids is 3. The molecule has 4 aromatic rings. The molecule has 0 fully saturated rings. The van der Waals surface area contributed by atoms with Gasteiger partial charge in [0, 0.05) is 30.2 Å². The fourth-order valence-corrected chi connectivity index (χ4v) is 3.22. The first-order chi connectivity index (χ1) is 14.0. The molecule has 0 bridgehead atoms. The summed E-state index contributed by atoms with van der Waals surface area (Å²) < 4.78 is 16.7. The molecule has 0 saturated carbocycles. The van der Waals surface area contributed by atoms with Gasteiger partial charge in [-0.25, -0.2) is 0 Å². The number of ether oxygens (including phenoxy) is 2. The first-order valence-corrected chi connectivity index (χ1v) is 8.90. The van der Waals surface area contributed by atoms with Crippen molar-refractivity contribution in [3.8, 4) is 11.5 Å². The Morgan fingerprint density at radius 3 is 1.90 bits per heavy atom. The van der Waals surface area contributed by atoms with Crippen molar-refractivity contribution in [2.75, 3.05) is 0 Å². The van der Waals surface area contributed by atoms with Crippen molar-refractivity contribution in [2.45, 2.75) is 13.8 Å². The Balaban J connectivity index is 2.04. The maximum Gasteiger partial charge on any atom is 0.308 e. The van der Waals surface area contributed by atoms with Gasteiger partial charge >= 0.3 is 11.9 Å². The van der Waals surface area contributed by atoms with Crippen molar-refractivity contribution >= 4 is 39.5 Å². The van der Waals surface area contributed by atoms with Crippen molar-refractivity contribution in [1.82, 2.24) is 0 Å². The molecule has 29 heavy (non-hydrogen) atoms. The minimum absolute atomic E-state index is 0.0447. The SMILES string of the molecule is CC(=O)Oc1c2ccccc2c(OC(C)=O)c2oc(C(=O)c3ccccc3)cc12. The van der Waals surface area contributed by atoms with Gasteiger partial charge in [0.15, 0.2) is 17.1 Å². The Morgan fingerprint density at radius 2 is 1.28 bits per heavy atom. The highest BCUT2D eigenvalue weighted by atomic mass is 16.5. The standard InChI is InChI=1S/C23H16O6/c1-13(24)27-21-16-10-6-7-11-17(16)22(28-14(2)25)23-18(21)12-19(29-23)20(26)15-8-4-3-5-9-15/h3-12H,1-2H3. The molecule has 0 spiro atoms. The number of benzene rings is 3. The predicted molar refractivity (Wildman–Crippen MR) is 106 cm³/mol. The second-order valence-corrected chi connectivity index (χ2v) is 6.44. The fourth-order valence-electron chi connectivity index (χ4n) is 3.22. The maximum atomic E-state index is 12.9. The summed E-state index contributed by atoms with van der Waals surface area (Å²) in [4.78, 5) is 36.3. The lowest BCUT2D eigenvalue weighted by Crippen LogP contribution is -2.05. The maximum absolute atomic E-state index is 12.9. The number of hydrogen-bond donors (Lipinski definition) is 0. The van der Waals surface area contributed by atoms with Crippen LogP contribution in [0.3, 0.4) is 0 Å². The van der Waals surface area contributed by atoms with Crippen LogP contribution in [-0.4, -0.2) is 17.7 Å². The Kier molecular flexibility index (Phi) is 4.60. The van der Waals surface area contributed by atoms with E-state index in [-0.39, 0.29) is 28.6 Å². The lowest BCUT2D eigenvalue weighted by Gasteiger charge is -2.11. The molecule has 6 heteroatoms. The van der Waals surface area contributed by atoms with E-state index in [0.29, 0.717) is 21.7 Å². The molecule has 0 atom stereocenters. The van der Waals surface area contributed by atoms with E-state index in [2.05, 4.69) is 0 Å². The first kappa shape index (κ1) is 18.4. The second-order valence-electron chi connectivity index (χ2n) is 6.44. The molecule has 0 aliphatic rings. The van der Waals surface area contributed by atoms with Crippen LogP contribution in [0.25, 0.3) is 21.7 Å². The zero-order chi connectivity index (χ0) is 20.5. The third-order valence-electron chi connectivity index (χ3n) is 4.35. The van der Waals surface area contributed by atoms with Gasteiger partial charge in [-0.1, -0.05) is 54.6 Å². The van der Waals surface area contributed by atoms with Gasteiger partial charge in [0.05, 0.1) is 5.39 Å². The highest BCUT2D eigenvalue weighted by Crippen LogP contribution is 2.44. The molecule has 0 amide bonds. The summed E-state index contributed by atoms with van der Waals surface area (Å²) in [5, 5.41) is 1.46. The molecule has 6 nitrogen and oxygen atoms in total. The Hall–Kier alpha value is -3.93. The van der Waals surface area contributed by atoms with Crippen LogP contribution in [0.4, 0.5) is 0 Å². The molecule has 0 N–H and O–H groups in total. The van der Waals surface area contributed by atoms with Crippen LogP contribution in [0.2, 0.25) is 0 Å². The lowest BCUT2D eigenvalue weighted by atomic mass is 10.0. The van der Waals surface area contributed by atoms with Crippen molar-refractivity contribution in [2.24, 2.45) is 0 Å². The highest BCUT2D eigenvalue weighted by molar-refractivity contribution is 6.15. The lowest BCUT2D eigenvalue weighted by molar-refractivity contribution is -0.132. The number of rotatable bonds is 4. The largest absolute Gasteiger partial charge is 0.448 e. The predicted octanol–water partition coefficient (Wildman–Crippen LogP) is 4.67. The van der Waals surface area contributed by atoms with E-state index < -0.39 is 11.9 Å². The molecule has 4 rings (SSSR count). The van der Waals surface area contributed by atoms with Gasteiger partial charge in [-0.3, -0.25) is 14.4 Å². The topological polar surface area (TPSA) is 82.8 Å². The molecular weight excluding hydrogens is 372 g/mol. The fraction of sp³-hybridized carbons (Fsp3) is 0.0870. The van der Waals surface area contributed by atoms with E-state index in [4.69, 9.17) is 13.9 Å². The average Bonchev–Trinajstić information content (AvgIpc) is 3.15. The van der Waals surface area contributed by atoms with E-state index in [9.17, 15) is 14.4 Å². The number of esters is 2. The number of fused-ring (bicyclic) bond motifs is 2. The number of furan rings is 1. The minimum Gasteiger partial charge on any atom is -0.448 e. The summed E-state index contributed by atoms with van der Waals surface area (Å²) in [7, 11) is 0. The molecule has 0 aliphatic heterocycles. The molecule has 0 aliphatic carbocycles. The third-order valence-corrected chi connectivity index (χ3v) is 4.35. The van der Waals surface area contributed by atoms with Crippen LogP contribution in [0, 0.1) is 0 Å². The zero-order valence-corrected chi connectivity index (χ0v) is 15.7. The summed E-state index contributed by atoms with van der Waals surface area (Å²) >= 11 is 0. The normalized spacial score (nSPS) is 10.8. The van der Waals surface area contributed by atoms with Crippen LogP contribution in [-0.2, 0) is 9.59 Å². The van der Waals surface area contributed by atoms with Crippen molar-refractivity contribution < 1.29 is 28.3 Å². The molecule has 0 unspecified atom stereocenters. The second kappa shape index (κ2) is 7.24.